The predicted molar refractivity (Wildman–Crippen MR) is 61.5 cm³/mol. The van der Waals surface area contributed by atoms with E-state index in [4.69, 9.17) is 10.2 Å². The molecule has 0 bridgehead atoms. The van der Waals surface area contributed by atoms with Crippen LogP contribution in [0.25, 0.3) is 0 Å². The molecule has 0 radical (unpaired) electrons. The second-order valence-corrected chi connectivity index (χ2v) is 4.11. The molecule has 1 rings (SSSR count). The molecule has 1 aliphatic rings. The summed E-state index contributed by atoms with van der Waals surface area (Å²) in [5, 5.41) is 23.4. The Labute approximate surface area is 112 Å². The van der Waals surface area contributed by atoms with Crippen LogP contribution in [-0.4, -0.2) is 52.1 Å². The molecule has 0 aromatic carbocycles. The summed E-state index contributed by atoms with van der Waals surface area (Å²) in [6, 6.07) is -3.57. The van der Waals surface area contributed by atoms with Crippen LogP contribution < -0.4 is 16.0 Å². The van der Waals surface area contributed by atoms with E-state index in [1.165, 1.54) is 0 Å². The first-order valence-corrected chi connectivity index (χ1v) is 5.65. The molecule has 10 heteroatoms. The van der Waals surface area contributed by atoms with Crippen molar-refractivity contribution in [2.45, 2.75) is 31.3 Å². The highest BCUT2D eigenvalue weighted by molar-refractivity contribution is 6.01. The van der Waals surface area contributed by atoms with Crippen molar-refractivity contribution in [3.63, 3.8) is 0 Å². The largest absolute Gasteiger partial charge is 0.481 e. The van der Waals surface area contributed by atoms with E-state index in [2.05, 4.69) is 5.32 Å². The van der Waals surface area contributed by atoms with Crippen molar-refractivity contribution < 1.29 is 34.2 Å². The monoisotopic (exact) mass is 287 g/mol. The standard InChI is InChI=1S/C10H13N3O7/c14-6-2-1-4(8(17)13-6)11-10(20)12-5(9(18)19)3-7(15)16/h4-5H,1-3H2,(H,15,16)(H,18,19)(H2,11,12,20)(H,13,14,17)/t4?,5-/m0/s1. The van der Waals surface area contributed by atoms with Crippen molar-refractivity contribution in [1.82, 2.24) is 16.0 Å². The topological polar surface area (TPSA) is 162 Å². The molecule has 1 heterocycles. The van der Waals surface area contributed by atoms with Gasteiger partial charge in [0.1, 0.15) is 12.1 Å². The maximum atomic E-state index is 11.5. The van der Waals surface area contributed by atoms with Crippen molar-refractivity contribution in [3.8, 4) is 0 Å². The minimum absolute atomic E-state index is 0.0498. The average Bonchev–Trinajstić information content (AvgIpc) is 2.31. The fourth-order valence-electron chi connectivity index (χ4n) is 1.56. The van der Waals surface area contributed by atoms with Gasteiger partial charge < -0.3 is 20.8 Å². The van der Waals surface area contributed by atoms with Crippen LogP contribution in [-0.2, 0) is 19.2 Å². The number of carboxylic acid groups (broad SMARTS) is 2. The number of carbonyl (C=O) groups excluding carboxylic acids is 3. The molecule has 0 spiro atoms. The van der Waals surface area contributed by atoms with Gasteiger partial charge in [-0.05, 0) is 6.42 Å². The summed E-state index contributed by atoms with van der Waals surface area (Å²) in [5.74, 6) is -4.05. The highest BCUT2D eigenvalue weighted by Gasteiger charge is 2.29. The molecular formula is C10H13N3O7. The van der Waals surface area contributed by atoms with E-state index in [9.17, 15) is 24.0 Å². The first-order chi connectivity index (χ1) is 9.29. The van der Waals surface area contributed by atoms with Crippen molar-refractivity contribution in [1.29, 1.82) is 0 Å². The van der Waals surface area contributed by atoms with Crippen molar-refractivity contribution >= 4 is 29.8 Å². The lowest BCUT2D eigenvalue weighted by atomic mass is 10.1. The van der Waals surface area contributed by atoms with Crippen LogP contribution in [0.1, 0.15) is 19.3 Å². The molecule has 0 aromatic heterocycles. The summed E-state index contributed by atoms with van der Waals surface area (Å²) >= 11 is 0. The fraction of sp³-hybridized carbons (Fsp3) is 0.500. The zero-order valence-corrected chi connectivity index (χ0v) is 10.2. The van der Waals surface area contributed by atoms with Gasteiger partial charge in [0.05, 0.1) is 6.42 Å². The third kappa shape index (κ3) is 4.55. The van der Waals surface area contributed by atoms with Gasteiger partial charge in [0.15, 0.2) is 0 Å². The third-order valence-electron chi connectivity index (χ3n) is 2.53. The number of hydrogen-bond acceptors (Lipinski definition) is 5. The number of imide groups is 1. The van der Waals surface area contributed by atoms with E-state index in [0.717, 1.165) is 0 Å². The van der Waals surface area contributed by atoms with Gasteiger partial charge in [-0.15, -0.1) is 0 Å². The highest BCUT2D eigenvalue weighted by Crippen LogP contribution is 2.04. The van der Waals surface area contributed by atoms with E-state index < -0.39 is 48.3 Å². The predicted octanol–water partition coefficient (Wildman–Crippen LogP) is -1.98. The number of carbonyl (C=O) groups is 5. The number of carboxylic acids is 2. The molecule has 1 fully saturated rings. The normalized spacial score (nSPS) is 19.7. The smallest absolute Gasteiger partial charge is 0.326 e. The molecule has 4 amide bonds. The Morgan fingerprint density at radius 3 is 2.45 bits per heavy atom. The lowest BCUT2D eigenvalue weighted by Crippen LogP contribution is -2.56. The first kappa shape index (κ1) is 15.4. The van der Waals surface area contributed by atoms with Gasteiger partial charge in [0.25, 0.3) is 0 Å². The number of amides is 4. The van der Waals surface area contributed by atoms with Crippen LogP contribution in [0.5, 0.6) is 0 Å². The van der Waals surface area contributed by atoms with Crippen LogP contribution in [0, 0.1) is 0 Å². The minimum Gasteiger partial charge on any atom is -0.481 e. The van der Waals surface area contributed by atoms with Gasteiger partial charge in [-0.1, -0.05) is 0 Å². The van der Waals surface area contributed by atoms with E-state index in [1.54, 1.807) is 0 Å². The molecule has 5 N–H and O–H groups in total. The number of hydrogen-bond donors (Lipinski definition) is 5. The zero-order valence-electron chi connectivity index (χ0n) is 10.2. The van der Waals surface area contributed by atoms with Gasteiger partial charge in [-0.25, -0.2) is 9.59 Å². The summed E-state index contributed by atoms with van der Waals surface area (Å²) < 4.78 is 0. The number of urea groups is 1. The summed E-state index contributed by atoms with van der Waals surface area (Å²) in [6.45, 7) is 0. The van der Waals surface area contributed by atoms with Crippen LogP contribution in [0.3, 0.4) is 0 Å². The number of rotatable bonds is 5. The van der Waals surface area contributed by atoms with E-state index in [0.29, 0.717) is 0 Å². The zero-order chi connectivity index (χ0) is 15.3. The van der Waals surface area contributed by atoms with Crippen LogP contribution in [0.2, 0.25) is 0 Å². The van der Waals surface area contributed by atoms with Crippen LogP contribution in [0.15, 0.2) is 0 Å². The molecule has 1 aliphatic heterocycles. The molecule has 10 nitrogen and oxygen atoms in total. The molecule has 0 saturated carbocycles. The molecular weight excluding hydrogens is 274 g/mol. The van der Waals surface area contributed by atoms with Gasteiger partial charge in [0, 0.05) is 6.42 Å². The van der Waals surface area contributed by atoms with Crippen molar-refractivity contribution in [2.75, 3.05) is 0 Å². The van der Waals surface area contributed by atoms with Crippen LogP contribution in [0.4, 0.5) is 4.79 Å². The molecule has 2 atom stereocenters. The number of piperidine rings is 1. The maximum Gasteiger partial charge on any atom is 0.326 e. The van der Waals surface area contributed by atoms with Crippen molar-refractivity contribution in [3.05, 3.63) is 0 Å². The second kappa shape index (κ2) is 6.50. The summed E-state index contributed by atoms with van der Waals surface area (Å²) in [6.07, 6.45) is -0.652. The van der Waals surface area contributed by atoms with E-state index >= 15 is 0 Å². The SMILES string of the molecule is O=C(O)C[C@H](NC(=O)NC1CCC(=O)NC1=O)C(=O)O. The van der Waals surface area contributed by atoms with Gasteiger partial charge in [-0.2, -0.15) is 0 Å². The molecule has 110 valence electrons. The lowest BCUT2D eigenvalue weighted by Gasteiger charge is -2.22. The second-order valence-electron chi connectivity index (χ2n) is 4.11. The average molecular weight is 287 g/mol. The Bertz CT molecular complexity index is 462. The quantitative estimate of drug-likeness (QED) is 0.366. The van der Waals surface area contributed by atoms with Gasteiger partial charge in [0.2, 0.25) is 11.8 Å². The molecule has 0 aromatic rings. The number of aliphatic carboxylic acids is 2. The van der Waals surface area contributed by atoms with Crippen LogP contribution >= 0.6 is 0 Å². The summed E-state index contributed by atoms with van der Waals surface area (Å²) in [4.78, 5) is 54.9. The van der Waals surface area contributed by atoms with E-state index in [1.807, 2.05) is 10.6 Å². The summed E-state index contributed by atoms with van der Waals surface area (Å²) in [7, 11) is 0. The molecule has 1 unspecified atom stereocenters. The fourth-order valence-corrected chi connectivity index (χ4v) is 1.56. The minimum atomic E-state index is -1.61. The van der Waals surface area contributed by atoms with Crippen molar-refractivity contribution in [2.24, 2.45) is 0 Å². The summed E-state index contributed by atoms with van der Waals surface area (Å²) in [5.41, 5.74) is 0. The van der Waals surface area contributed by atoms with Gasteiger partial charge in [-0.3, -0.25) is 19.7 Å². The Morgan fingerprint density at radius 2 is 1.95 bits per heavy atom. The molecule has 20 heavy (non-hydrogen) atoms. The Hall–Kier alpha value is -2.65. The third-order valence-corrected chi connectivity index (χ3v) is 2.53. The Morgan fingerprint density at radius 1 is 1.30 bits per heavy atom. The van der Waals surface area contributed by atoms with Gasteiger partial charge >= 0.3 is 18.0 Å². The molecule has 0 aliphatic carbocycles. The first-order valence-electron chi connectivity index (χ1n) is 5.65. The van der Waals surface area contributed by atoms with E-state index in [-0.39, 0.29) is 12.8 Å². The molecule has 1 saturated heterocycles. The Balaban J connectivity index is 2.53. The lowest BCUT2D eigenvalue weighted by molar-refractivity contribution is -0.145. The number of nitrogens with one attached hydrogen (secondary N) is 3. The maximum absolute atomic E-state index is 11.5. The highest BCUT2D eigenvalue weighted by atomic mass is 16.4. The Kier molecular flexibility index (Phi) is 5.01.